The topological polar surface area (TPSA) is 75.1 Å². The minimum atomic E-state index is -0.923. The molecule has 21 heavy (non-hydrogen) atoms. The van der Waals surface area contributed by atoms with Gasteiger partial charge in [-0.05, 0) is 24.1 Å². The minimum absolute atomic E-state index is 0. The van der Waals surface area contributed by atoms with Gasteiger partial charge in [-0.2, -0.15) is 0 Å². The van der Waals surface area contributed by atoms with Crippen LogP contribution in [0.25, 0.3) is 0 Å². The van der Waals surface area contributed by atoms with Crippen LogP contribution >= 0.6 is 12.4 Å². The van der Waals surface area contributed by atoms with E-state index < -0.39 is 5.97 Å². The molecule has 0 amide bonds. The Kier molecular flexibility index (Phi) is 3.10. The number of carbonyl (C=O) groups is 1. The normalized spacial score (nSPS) is 21.3. The summed E-state index contributed by atoms with van der Waals surface area (Å²) < 4.78 is 0. The maximum absolute atomic E-state index is 11.0. The summed E-state index contributed by atoms with van der Waals surface area (Å²) >= 11 is 0. The van der Waals surface area contributed by atoms with E-state index >= 15 is 0 Å². The monoisotopic (exact) mass is 303 g/mol. The van der Waals surface area contributed by atoms with E-state index in [1.807, 2.05) is 6.07 Å². The van der Waals surface area contributed by atoms with Crippen LogP contribution in [0, 0.1) is 0 Å². The maximum atomic E-state index is 11.0. The Morgan fingerprint density at radius 1 is 1.33 bits per heavy atom. The number of hydrogen-bond donors (Lipinski definition) is 2. The van der Waals surface area contributed by atoms with E-state index in [4.69, 9.17) is 5.11 Å². The molecule has 2 aromatic rings. The third kappa shape index (κ3) is 1.96. The summed E-state index contributed by atoms with van der Waals surface area (Å²) in [6, 6.07) is 5.81. The quantitative estimate of drug-likeness (QED) is 0.843. The van der Waals surface area contributed by atoms with Crippen molar-refractivity contribution in [3.05, 3.63) is 53.0 Å². The zero-order valence-electron chi connectivity index (χ0n) is 11.2. The van der Waals surface area contributed by atoms with Crippen LogP contribution in [0.1, 0.15) is 27.2 Å². The Morgan fingerprint density at radius 3 is 3.00 bits per heavy atom. The number of rotatable bonds is 1. The van der Waals surface area contributed by atoms with E-state index in [2.05, 4.69) is 21.4 Å². The highest BCUT2D eigenvalue weighted by Crippen LogP contribution is 2.45. The predicted molar refractivity (Wildman–Crippen MR) is 80.3 cm³/mol. The second-order valence-corrected chi connectivity index (χ2v) is 5.52. The van der Waals surface area contributed by atoms with Gasteiger partial charge in [0.05, 0.1) is 5.56 Å². The molecule has 0 aromatic carbocycles. The first kappa shape index (κ1) is 13.8. The van der Waals surface area contributed by atoms with Crippen LogP contribution in [-0.2, 0) is 18.3 Å². The smallest absolute Gasteiger partial charge is 0.337 e. The Balaban J connectivity index is 0.00000132. The zero-order chi connectivity index (χ0) is 13.7. The summed E-state index contributed by atoms with van der Waals surface area (Å²) in [6.07, 6.45) is 4.90. The Morgan fingerprint density at radius 2 is 2.19 bits per heavy atom. The molecule has 0 fully saturated rings. The molecule has 2 N–H and O–H groups in total. The number of carboxylic acids is 1. The third-order valence-electron chi connectivity index (χ3n) is 4.31. The molecule has 1 atom stereocenters. The van der Waals surface area contributed by atoms with Crippen molar-refractivity contribution in [2.75, 3.05) is 11.9 Å². The Hall–Kier alpha value is -2.14. The Bertz CT molecular complexity index is 735. The van der Waals surface area contributed by atoms with Crippen LogP contribution < -0.4 is 5.32 Å². The van der Waals surface area contributed by atoms with Gasteiger partial charge in [0.15, 0.2) is 0 Å². The molecule has 0 saturated carbocycles. The van der Waals surface area contributed by atoms with Gasteiger partial charge in [-0.15, -0.1) is 12.4 Å². The van der Waals surface area contributed by atoms with Crippen LogP contribution in [0.15, 0.2) is 30.6 Å². The molecule has 1 aliphatic heterocycles. The lowest BCUT2D eigenvalue weighted by atomic mass is 9.80. The number of nitrogens with zero attached hydrogens (tertiary/aromatic N) is 2. The van der Waals surface area contributed by atoms with Crippen molar-refractivity contribution in [2.45, 2.75) is 18.3 Å². The first-order valence-corrected chi connectivity index (χ1v) is 6.58. The summed E-state index contributed by atoms with van der Waals surface area (Å²) in [4.78, 5) is 19.8. The lowest BCUT2D eigenvalue weighted by molar-refractivity contribution is 0.0696. The average molecular weight is 304 g/mol. The SMILES string of the molecule is Cl.O=C(O)c1cnc2c(c1)CC1(CNc3ncccc31)C2. The number of anilines is 1. The molecule has 0 radical (unpaired) electrons. The van der Waals surface area contributed by atoms with E-state index in [0.717, 1.165) is 36.5 Å². The van der Waals surface area contributed by atoms with Gasteiger partial charge in [-0.1, -0.05) is 6.07 Å². The highest BCUT2D eigenvalue weighted by Gasteiger charge is 2.44. The molecule has 5 nitrogen and oxygen atoms in total. The van der Waals surface area contributed by atoms with Gasteiger partial charge >= 0.3 is 5.97 Å². The van der Waals surface area contributed by atoms with Crippen LogP contribution in [0.2, 0.25) is 0 Å². The van der Waals surface area contributed by atoms with Crippen molar-refractivity contribution in [1.82, 2.24) is 9.97 Å². The van der Waals surface area contributed by atoms with E-state index in [1.165, 1.54) is 11.8 Å². The average Bonchev–Trinajstić information content (AvgIpc) is 3.00. The first-order chi connectivity index (χ1) is 9.68. The fourth-order valence-electron chi connectivity index (χ4n) is 3.35. The molecule has 1 unspecified atom stereocenters. The number of nitrogens with one attached hydrogen (secondary N) is 1. The first-order valence-electron chi connectivity index (χ1n) is 6.58. The Labute approximate surface area is 127 Å². The van der Waals surface area contributed by atoms with E-state index in [9.17, 15) is 4.79 Å². The number of aromatic carboxylic acids is 1. The number of fused-ring (bicyclic) bond motifs is 3. The third-order valence-corrected chi connectivity index (χ3v) is 4.31. The summed E-state index contributed by atoms with van der Waals surface area (Å²) in [5.74, 6) is 0.0200. The number of carboxylic acid groups (broad SMARTS) is 1. The molecular formula is C15H14ClN3O2. The highest BCUT2D eigenvalue weighted by atomic mass is 35.5. The van der Waals surface area contributed by atoms with E-state index in [1.54, 1.807) is 12.3 Å². The molecular weight excluding hydrogens is 290 g/mol. The summed E-state index contributed by atoms with van der Waals surface area (Å²) in [7, 11) is 0. The number of halogens is 1. The molecule has 0 saturated heterocycles. The fraction of sp³-hybridized carbons (Fsp3) is 0.267. The van der Waals surface area contributed by atoms with Crippen molar-refractivity contribution >= 4 is 24.2 Å². The second kappa shape index (κ2) is 4.70. The molecule has 4 rings (SSSR count). The molecule has 0 bridgehead atoms. The summed E-state index contributed by atoms with van der Waals surface area (Å²) in [5, 5.41) is 12.4. The fourth-order valence-corrected chi connectivity index (χ4v) is 3.35. The lowest BCUT2D eigenvalue weighted by Gasteiger charge is -2.21. The zero-order valence-corrected chi connectivity index (χ0v) is 12.0. The van der Waals surface area contributed by atoms with Gasteiger partial charge in [0, 0.05) is 42.0 Å². The molecule has 1 aliphatic carbocycles. The van der Waals surface area contributed by atoms with Crippen LogP contribution in [0.5, 0.6) is 0 Å². The van der Waals surface area contributed by atoms with Gasteiger partial charge in [-0.25, -0.2) is 9.78 Å². The molecule has 108 valence electrons. The van der Waals surface area contributed by atoms with Gasteiger partial charge < -0.3 is 10.4 Å². The number of pyridine rings is 2. The van der Waals surface area contributed by atoms with Crippen LogP contribution in [-0.4, -0.2) is 27.6 Å². The lowest BCUT2D eigenvalue weighted by Crippen LogP contribution is -2.29. The second-order valence-electron chi connectivity index (χ2n) is 5.52. The number of aromatic nitrogens is 2. The van der Waals surface area contributed by atoms with E-state index in [-0.39, 0.29) is 23.4 Å². The predicted octanol–water partition coefficient (Wildman–Crippen LogP) is 2.06. The van der Waals surface area contributed by atoms with Crippen molar-refractivity contribution in [2.24, 2.45) is 0 Å². The van der Waals surface area contributed by atoms with Gasteiger partial charge in [0.25, 0.3) is 0 Å². The summed E-state index contributed by atoms with van der Waals surface area (Å²) in [5.41, 5.74) is 3.51. The van der Waals surface area contributed by atoms with Crippen molar-refractivity contribution < 1.29 is 9.90 Å². The maximum Gasteiger partial charge on any atom is 0.337 e. The molecule has 2 aromatic heterocycles. The van der Waals surface area contributed by atoms with Crippen LogP contribution in [0.3, 0.4) is 0 Å². The van der Waals surface area contributed by atoms with Crippen molar-refractivity contribution in [1.29, 1.82) is 0 Å². The standard InChI is InChI=1S/C15H13N3O2.ClH/c19-14(20)10-4-9-5-15(6-12(9)17-7-10)8-18-13-11(15)2-1-3-16-13;/h1-4,7H,5-6,8H2,(H,16,18)(H,19,20);1H. The van der Waals surface area contributed by atoms with Crippen molar-refractivity contribution in [3.8, 4) is 0 Å². The van der Waals surface area contributed by atoms with Crippen molar-refractivity contribution in [3.63, 3.8) is 0 Å². The summed E-state index contributed by atoms with van der Waals surface area (Å²) in [6.45, 7) is 0.831. The van der Waals surface area contributed by atoms with Gasteiger partial charge in [0.2, 0.25) is 0 Å². The number of hydrogen-bond acceptors (Lipinski definition) is 4. The molecule has 3 heterocycles. The molecule has 6 heteroatoms. The van der Waals surface area contributed by atoms with Gasteiger partial charge in [0.1, 0.15) is 5.82 Å². The molecule has 1 spiro atoms. The molecule has 2 aliphatic rings. The minimum Gasteiger partial charge on any atom is -0.478 e. The van der Waals surface area contributed by atoms with Gasteiger partial charge in [-0.3, -0.25) is 4.98 Å². The highest BCUT2D eigenvalue weighted by molar-refractivity contribution is 5.87. The van der Waals surface area contributed by atoms with E-state index in [0.29, 0.717) is 0 Å². The largest absolute Gasteiger partial charge is 0.478 e. The van der Waals surface area contributed by atoms with Crippen LogP contribution in [0.4, 0.5) is 5.82 Å².